The van der Waals surface area contributed by atoms with Crippen LogP contribution in [0.4, 0.5) is 5.69 Å². The number of hydrogen-bond donors (Lipinski definition) is 2. The molecule has 3 rings (SSSR count). The van der Waals surface area contributed by atoms with Crippen molar-refractivity contribution in [1.29, 1.82) is 0 Å². The molecule has 1 aliphatic rings. The van der Waals surface area contributed by atoms with Crippen LogP contribution in [0.5, 0.6) is 5.75 Å². The van der Waals surface area contributed by atoms with Crippen LogP contribution in [0.3, 0.4) is 0 Å². The van der Waals surface area contributed by atoms with Crippen molar-refractivity contribution in [2.45, 2.75) is 37.1 Å². The van der Waals surface area contributed by atoms with Gasteiger partial charge in [0, 0.05) is 23.8 Å². The van der Waals surface area contributed by atoms with E-state index >= 15 is 0 Å². The number of sulfonamides is 1. The number of carbonyl (C=O) groups is 2. The van der Waals surface area contributed by atoms with Crippen molar-refractivity contribution in [3.63, 3.8) is 0 Å². The number of amides is 2. The molecule has 9 heteroatoms. The van der Waals surface area contributed by atoms with E-state index in [1.165, 1.54) is 29.6 Å². The van der Waals surface area contributed by atoms with Gasteiger partial charge >= 0.3 is 0 Å². The third-order valence-corrected chi connectivity index (χ3v) is 7.26. The van der Waals surface area contributed by atoms with Gasteiger partial charge in [-0.25, -0.2) is 8.42 Å². The van der Waals surface area contributed by atoms with Crippen molar-refractivity contribution < 1.29 is 22.7 Å². The first-order valence-corrected chi connectivity index (χ1v) is 11.6. The molecule has 1 aliphatic heterocycles. The molecule has 0 bridgehead atoms. The van der Waals surface area contributed by atoms with Crippen LogP contribution in [0.2, 0.25) is 0 Å². The molecule has 0 aromatic heterocycles. The molecule has 8 nitrogen and oxygen atoms in total. The van der Waals surface area contributed by atoms with E-state index in [0.29, 0.717) is 12.2 Å². The Bertz CT molecular complexity index is 1040. The molecule has 1 atom stereocenters. The first-order chi connectivity index (χ1) is 14.8. The lowest BCUT2D eigenvalue weighted by atomic mass is 10.1. The number of ether oxygens (including phenoxy) is 1. The fraction of sp³-hybridized carbons (Fsp3) is 0.364. The maximum atomic E-state index is 13.3. The predicted octanol–water partition coefficient (Wildman–Crippen LogP) is 2.63. The number of rotatable bonds is 7. The minimum absolute atomic E-state index is 0.0508. The zero-order chi connectivity index (χ0) is 22.4. The van der Waals surface area contributed by atoms with Gasteiger partial charge < -0.3 is 15.4 Å². The molecular weight excluding hydrogens is 418 g/mol. The van der Waals surface area contributed by atoms with Crippen molar-refractivity contribution >= 4 is 27.5 Å². The average molecular weight is 446 g/mol. The molecule has 0 radical (unpaired) electrons. The maximum Gasteiger partial charge on any atom is 0.251 e. The van der Waals surface area contributed by atoms with Crippen LogP contribution in [-0.2, 0) is 14.8 Å². The summed E-state index contributed by atoms with van der Waals surface area (Å²) < 4.78 is 33.3. The number of anilines is 1. The second-order valence-electron chi connectivity index (χ2n) is 7.42. The predicted molar refractivity (Wildman–Crippen MR) is 118 cm³/mol. The van der Waals surface area contributed by atoms with Crippen molar-refractivity contribution in [3.05, 3.63) is 54.1 Å². The van der Waals surface area contributed by atoms with Gasteiger partial charge in [0.05, 0.1) is 13.7 Å². The third-order valence-electron chi connectivity index (χ3n) is 5.22. The minimum Gasteiger partial charge on any atom is -0.495 e. The van der Waals surface area contributed by atoms with Crippen LogP contribution in [0.25, 0.3) is 0 Å². The molecule has 0 aliphatic carbocycles. The number of nitrogens with zero attached hydrogens (tertiary/aromatic N) is 1. The summed E-state index contributed by atoms with van der Waals surface area (Å²) in [4.78, 5) is 24.6. The molecule has 1 fully saturated rings. The molecule has 0 spiro atoms. The van der Waals surface area contributed by atoms with Gasteiger partial charge in [0.2, 0.25) is 15.9 Å². The molecule has 0 saturated carbocycles. The van der Waals surface area contributed by atoms with Gasteiger partial charge in [-0.15, -0.1) is 0 Å². The van der Waals surface area contributed by atoms with Crippen molar-refractivity contribution in [3.8, 4) is 5.75 Å². The SMILES string of the molecule is COc1ccc(C(=O)NCC(=O)Nc2ccccc2)cc1S(=O)(=O)N1CCCCC1C. The molecule has 31 heavy (non-hydrogen) atoms. The van der Waals surface area contributed by atoms with Gasteiger partial charge in [-0.3, -0.25) is 9.59 Å². The molecule has 2 amide bonds. The van der Waals surface area contributed by atoms with Crippen LogP contribution in [0.15, 0.2) is 53.4 Å². The zero-order valence-electron chi connectivity index (χ0n) is 17.6. The highest BCUT2D eigenvalue weighted by atomic mass is 32.2. The van der Waals surface area contributed by atoms with Crippen molar-refractivity contribution in [2.24, 2.45) is 0 Å². The highest BCUT2D eigenvalue weighted by molar-refractivity contribution is 7.89. The van der Waals surface area contributed by atoms with E-state index in [0.717, 1.165) is 19.3 Å². The van der Waals surface area contributed by atoms with Gasteiger partial charge in [0.15, 0.2) is 0 Å². The highest BCUT2D eigenvalue weighted by Crippen LogP contribution is 2.31. The minimum atomic E-state index is -3.83. The molecule has 1 saturated heterocycles. The zero-order valence-corrected chi connectivity index (χ0v) is 18.4. The quantitative estimate of drug-likeness (QED) is 0.682. The number of benzene rings is 2. The van der Waals surface area contributed by atoms with Crippen molar-refractivity contribution in [2.75, 3.05) is 25.5 Å². The third kappa shape index (κ3) is 5.42. The Labute approximate surface area is 182 Å². The fourth-order valence-corrected chi connectivity index (χ4v) is 5.45. The molecular formula is C22H27N3O5S. The second kappa shape index (κ2) is 9.93. The van der Waals surface area contributed by atoms with Crippen LogP contribution < -0.4 is 15.4 Å². The summed E-state index contributed by atoms with van der Waals surface area (Å²) >= 11 is 0. The molecule has 1 heterocycles. The topological polar surface area (TPSA) is 105 Å². The lowest BCUT2D eigenvalue weighted by molar-refractivity contribution is -0.115. The Kier molecular flexibility index (Phi) is 7.29. The van der Waals surface area contributed by atoms with E-state index in [4.69, 9.17) is 4.74 Å². The van der Waals surface area contributed by atoms with Crippen LogP contribution >= 0.6 is 0 Å². The normalized spacial score (nSPS) is 17.0. The largest absolute Gasteiger partial charge is 0.495 e. The van der Waals surface area contributed by atoms with Gasteiger partial charge in [-0.2, -0.15) is 4.31 Å². The van der Waals surface area contributed by atoms with E-state index in [-0.39, 0.29) is 34.7 Å². The number of methoxy groups -OCH3 is 1. The Morgan fingerprint density at radius 2 is 1.87 bits per heavy atom. The van der Waals surface area contributed by atoms with Crippen LogP contribution in [-0.4, -0.2) is 50.8 Å². The maximum absolute atomic E-state index is 13.3. The number of para-hydroxylation sites is 1. The monoisotopic (exact) mass is 445 g/mol. The summed E-state index contributed by atoms with van der Waals surface area (Å²) in [6.45, 7) is 2.07. The molecule has 166 valence electrons. The summed E-state index contributed by atoms with van der Waals surface area (Å²) in [5.74, 6) is -0.756. The first kappa shape index (κ1) is 22.8. The standard InChI is InChI=1S/C22H27N3O5S/c1-16-8-6-7-13-25(16)31(28,29)20-14-17(11-12-19(20)30-2)22(27)23-15-21(26)24-18-9-4-3-5-10-18/h3-5,9-12,14,16H,6-8,13,15H2,1-2H3,(H,23,27)(H,24,26). The number of hydrogen-bond acceptors (Lipinski definition) is 5. The van der Waals surface area contributed by atoms with E-state index < -0.39 is 15.9 Å². The number of carbonyl (C=O) groups excluding carboxylic acids is 2. The van der Waals surface area contributed by atoms with E-state index in [9.17, 15) is 18.0 Å². The Balaban J connectivity index is 1.75. The Hall–Kier alpha value is -2.91. The summed E-state index contributed by atoms with van der Waals surface area (Å²) in [6, 6.07) is 13.0. The lowest BCUT2D eigenvalue weighted by Gasteiger charge is -2.32. The van der Waals surface area contributed by atoms with E-state index in [1.807, 2.05) is 13.0 Å². The number of nitrogens with one attached hydrogen (secondary N) is 2. The average Bonchev–Trinajstić information content (AvgIpc) is 2.78. The summed E-state index contributed by atoms with van der Waals surface area (Å²) in [7, 11) is -2.44. The summed E-state index contributed by atoms with van der Waals surface area (Å²) in [6.07, 6.45) is 2.57. The fourth-order valence-electron chi connectivity index (χ4n) is 3.56. The van der Waals surface area contributed by atoms with Crippen LogP contribution in [0.1, 0.15) is 36.5 Å². The molecule has 2 aromatic carbocycles. The summed E-state index contributed by atoms with van der Waals surface area (Å²) in [5.41, 5.74) is 0.756. The van der Waals surface area contributed by atoms with Gasteiger partial charge in [-0.05, 0) is 50.1 Å². The first-order valence-electron chi connectivity index (χ1n) is 10.2. The smallest absolute Gasteiger partial charge is 0.251 e. The van der Waals surface area contributed by atoms with Gasteiger partial charge in [0.25, 0.3) is 5.91 Å². The lowest BCUT2D eigenvalue weighted by Crippen LogP contribution is -2.42. The molecule has 2 aromatic rings. The van der Waals surface area contributed by atoms with Gasteiger partial charge in [-0.1, -0.05) is 24.6 Å². The van der Waals surface area contributed by atoms with Crippen LogP contribution in [0, 0.1) is 0 Å². The van der Waals surface area contributed by atoms with Gasteiger partial charge in [0.1, 0.15) is 10.6 Å². The molecule has 1 unspecified atom stereocenters. The van der Waals surface area contributed by atoms with Crippen molar-refractivity contribution in [1.82, 2.24) is 9.62 Å². The highest BCUT2D eigenvalue weighted by Gasteiger charge is 2.33. The second-order valence-corrected chi connectivity index (χ2v) is 9.28. The Morgan fingerprint density at radius 1 is 1.13 bits per heavy atom. The van der Waals surface area contributed by atoms with E-state index in [2.05, 4.69) is 10.6 Å². The molecule has 2 N–H and O–H groups in total. The van der Waals surface area contributed by atoms with E-state index in [1.54, 1.807) is 24.3 Å². The Morgan fingerprint density at radius 3 is 2.55 bits per heavy atom. The number of piperidine rings is 1. The summed E-state index contributed by atoms with van der Waals surface area (Å²) in [5, 5.41) is 5.20.